The lowest BCUT2D eigenvalue weighted by molar-refractivity contribution is 0.416. The SMILES string of the molecule is COc1ccccc1-c1cc(-c2ccccn2)c(=O)n(-c2ccccn2)n1. The van der Waals surface area contributed by atoms with Gasteiger partial charge in [-0.1, -0.05) is 24.3 Å². The smallest absolute Gasteiger partial charge is 0.282 e. The van der Waals surface area contributed by atoms with Gasteiger partial charge in [-0.3, -0.25) is 9.78 Å². The predicted octanol–water partition coefficient (Wildman–Crippen LogP) is 3.37. The standard InChI is InChI=1S/C21H16N4O2/c1-27-19-10-3-2-8-15(19)18-14-16(17-9-4-6-12-22-17)21(26)25(24-18)20-11-5-7-13-23-20/h2-14H,1H3. The minimum atomic E-state index is -0.286. The molecular formula is C21H16N4O2. The second-order valence-corrected chi connectivity index (χ2v) is 5.76. The van der Waals surface area contributed by atoms with E-state index < -0.39 is 0 Å². The molecule has 0 amide bonds. The van der Waals surface area contributed by atoms with E-state index in [1.165, 1.54) is 4.68 Å². The van der Waals surface area contributed by atoms with Gasteiger partial charge in [0.1, 0.15) is 5.75 Å². The average Bonchev–Trinajstić information content (AvgIpc) is 2.75. The Balaban J connectivity index is 2.02. The van der Waals surface area contributed by atoms with E-state index in [2.05, 4.69) is 15.1 Å². The van der Waals surface area contributed by atoms with Crippen molar-refractivity contribution < 1.29 is 4.74 Å². The Morgan fingerprint density at radius 3 is 2.26 bits per heavy atom. The number of hydrogen-bond acceptors (Lipinski definition) is 5. The number of nitrogens with zero attached hydrogens (tertiary/aromatic N) is 4. The Morgan fingerprint density at radius 2 is 1.56 bits per heavy atom. The number of methoxy groups -OCH3 is 1. The fourth-order valence-corrected chi connectivity index (χ4v) is 2.82. The molecule has 0 N–H and O–H groups in total. The van der Waals surface area contributed by atoms with Gasteiger partial charge in [0.2, 0.25) is 0 Å². The number of pyridine rings is 2. The summed E-state index contributed by atoms with van der Waals surface area (Å²) in [6, 6.07) is 20.1. The molecule has 27 heavy (non-hydrogen) atoms. The minimum absolute atomic E-state index is 0.286. The lowest BCUT2D eigenvalue weighted by Gasteiger charge is -2.12. The molecule has 0 fully saturated rings. The van der Waals surface area contributed by atoms with Crippen molar-refractivity contribution in [1.29, 1.82) is 0 Å². The molecule has 0 atom stereocenters. The molecule has 4 rings (SSSR count). The quantitative estimate of drug-likeness (QED) is 0.561. The Morgan fingerprint density at radius 1 is 0.815 bits per heavy atom. The molecule has 0 aliphatic heterocycles. The fourth-order valence-electron chi connectivity index (χ4n) is 2.82. The molecule has 1 aromatic carbocycles. The van der Waals surface area contributed by atoms with E-state index in [0.717, 1.165) is 5.56 Å². The van der Waals surface area contributed by atoms with Crippen LogP contribution in [-0.2, 0) is 0 Å². The summed E-state index contributed by atoms with van der Waals surface area (Å²) in [5.74, 6) is 1.11. The number of para-hydroxylation sites is 1. The molecule has 0 unspecified atom stereocenters. The van der Waals surface area contributed by atoms with Crippen molar-refractivity contribution in [2.24, 2.45) is 0 Å². The van der Waals surface area contributed by atoms with Gasteiger partial charge in [-0.05, 0) is 42.5 Å². The molecule has 4 aromatic rings. The number of aromatic nitrogens is 4. The summed E-state index contributed by atoms with van der Waals surface area (Å²) in [6.07, 6.45) is 3.28. The van der Waals surface area contributed by atoms with Crippen LogP contribution >= 0.6 is 0 Å². The van der Waals surface area contributed by atoms with Gasteiger partial charge in [-0.15, -0.1) is 0 Å². The first-order valence-corrected chi connectivity index (χ1v) is 8.38. The summed E-state index contributed by atoms with van der Waals surface area (Å²) in [7, 11) is 1.60. The van der Waals surface area contributed by atoms with E-state index in [9.17, 15) is 4.79 Å². The van der Waals surface area contributed by atoms with Crippen LogP contribution in [0.1, 0.15) is 0 Å². The number of benzene rings is 1. The van der Waals surface area contributed by atoms with Crippen LogP contribution in [0.5, 0.6) is 5.75 Å². The highest BCUT2D eigenvalue weighted by atomic mass is 16.5. The van der Waals surface area contributed by atoms with Crippen LogP contribution in [0.2, 0.25) is 0 Å². The molecule has 3 heterocycles. The van der Waals surface area contributed by atoms with Gasteiger partial charge in [0.15, 0.2) is 5.82 Å². The predicted molar refractivity (Wildman–Crippen MR) is 103 cm³/mol. The van der Waals surface area contributed by atoms with Crippen LogP contribution in [0.4, 0.5) is 0 Å². The highest BCUT2D eigenvalue weighted by molar-refractivity contribution is 5.71. The number of rotatable bonds is 4. The molecule has 0 radical (unpaired) electrons. The van der Waals surface area contributed by atoms with E-state index in [0.29, 0.717) is 28.5 Å². The lowest BCUT2D eigenvalue weighted by Crippen LogP contribution is -2.24. The van der Waals surface area contributed by atoms with Crippen molar-refractivity contribution >= 4 is 0 Å². The molecule has 3 aromatic heterocycles. The number of hydrogen-bond donors (Lipinski definition) is 0. The third kappa shape index (κ3) is 3.20. The van der Waals surface area contributed by atoms with Crippen LogP contribution in [0.3, 0.4) is 0 Å². The van der Waals surface area contributed by atoms with Crippen molar-refractivity contribution in [3.05, 3.63) is 89.5 Å². The number of ether oxygens (including phenoxy) is 1. The maximum absolute atomic E-state index is 13.1. The lowest BCUT2D eigenvalue weighted by atomic mass is 10.1. The van der Waals surface area contributed by atoms with Gasteiger partial charge >= 0.3 is 0 Å². The van der Waals surface area contributed by atoms with Gasteiger partial charge in [0, 0.05) is 18.0 Å². The summed E-state index contributed by atoms with van der Waals surface area (Å²) >= 11 is 0. The third-order valence-electron chi connectivity index (χ3n) is 4.10. The Bertz CT molecular complexity index is 1060. The van der Waals surface area contributed by atoms with Crippen LogP contribution in [-0.4, -0.2) is 26.9 Å². The van der Waals surface area contributed by atoms with Gasteiger partial charge in [-0.25, -0.2) is 4.98 Å². The maximum atomic E-state index is 13.1. The average molecular weight is 356 g/mol. The molecule has 0 aliphatic carbocycles. The minimum Gasteiger partial charge on any atom is -0.496 e. The van der Waals surface area contributed by atoms with Gasteiger partial charge in [0.25, 0.3) is 5.56 Å². The van der Waals surface area contributed by atoms with Crippen LogP contribution in [0.15, 0.2) is 83.9 Å². The summed E-state index contributed by atoms with van der Waals surface area (Å²) in [4.78, 5) is 21.7. The highest BCUT2D eigenvalue weighted by Crippen LogP contribution is 2.29. The van der Waals surface area contributed by atoms with Crippen molar-refractivity contribution in [2.45, 2.75) is 0 Å². The van der Waals surface area contributed by atoms with Crippen molar-refractivity contribution in [3.63, 3.8) is 0 Å². The van der Waals surface area contributed by atoms with Crippen molar-refractivity contribution in [1.82, 2.24) is 19.7 Å². The first-order chi connectivity index (χ1) is 13.3. The molecule has 6 nitrogen and oxygen atoms in total. The molecular weight excluding hydrogens is 340 g/mol. The van der Waals surface area contributed by atoms with E-state index in [4.69, 9.17) is 4.74 Å². The topological polar surface area (TPSA) is 69.9 Å². The van der Waals surface area contributed by atoms with E-state index >= 15 is 0 Å². The maximum Gasteiger partial charge on any atom is 0.282 e. The Kier molecular flexibility index (Phi) is 4.45. The van der Waals surface area contributed by atoms with Crippen molar-refractivity contribution in [3.8, 4) is 34.1 Å². The van der Waals surface area contributed by atoms with Gasteiger partial charge in [0.05, 0.1) is 24.1 Å². The molecule has 0 bridgehead atoms. The first-order valence-electron chi connectivity index (χ1n) is 8.38. The van der Waals surface area contributed by atoms with Crippen molar-refractivity contribution in [2.75, 3.05) is 7.11 Å². The third-order valence-corrected chi connectivity index (χ3v) is 4.10. The summed E-state index contributed by atoms with van der Waals surface area (Å²) in [6.45, 7) is 0. The molecule has 6 heteroatoms. The zero-order valence-electron chi connectivity index (χ0n) is 14.6. The summed E-state index contributed by atoms with van der Waals surface area (Å²) in [5.41, 5.74) is 2.11. The van der Waals surface area contributed by atoms with Gasteiger partial charge in [-0.2, -0.15) is 9.78 Å². The fraction of sp³-hybridized carbons (Fsp3) is 0.0476. The Hall–Kier alpha value is -3.80. The van der Waals surface area contributed by atoms with Crippen LogP contribution < -0.4 is 10.3 Å². The summed E-state index contributed by atoms with van der Waals surface area (Å²) in [5, 5.41) is 4.54. The zero-order valence-corrected chi connectivity index (χ0v) is 14.6. The highest BCUT2D eigenvalue weighted by Gasteiger charge is 2.16. The Labute approximate surface area is 155 Å². The molecule has 0 saturated carbocycles. The molecule has 132 valence electrons. The largest absolute Gasteiger partial charge is 0.496 e. The van der Waals surface area contributed by atoms with Crippen LogP contribution in [0.25, 0.3) is 28.3 Å². The van der Waals surface area contributed by atoms with E-state index in [-0.39, 0.29) is 5.56 Å². The van der Waals surface area contributed by atoms with Crippen LogP contribution in [0, 0.1) is 0 Å². The molecule has 0 aliphatic rings. The van der Waals surface area contributed by atoms with E-state index in [1.54, 1.807) is 43.8 Å². The van der Waals surface area contributed by atoms with E-state index in [1.807, 2.05) is 42.5 Å². The molecule has 0 saturated heterocycles. The summed E-state index contributed by atoms with van der Waals surface area (Å²) < 4.78 is 6.76. The zero-order chi connectivity index (χ0) is 18.6. The second-order valence-electron chi connectivity index (χ2n) is 5.76. The molecule has 0 spiro atoms. The monoisotopic (exact) mass is 356 g/mol. The first kappa shape index (κ1) is 16.7. The van der Waals surface area contributed by atoms with Gasteiger partial charge < -0.3 is 4.74 Å². The second kappa shape index (κ2) is 7.21. The normalized spacial score (nSPS) is 10.6.